The molecule has 0 aromatic heterocycles. The molecule has 0 aromatic carbocycles. The molecule has 0 rings (SSSR count). The van der Waals surface area contributed by atoms with Crippen molar-refractivity contribution in [3.63, 3.8) is 0 Å². The second kappa shape index (κ2) is 16.1. The van der Waals surface area contributed by atoms with Crippen molar-refractivity contribution in [2.45, 2.75) is 97.3 Å². The molecule has 0 aliphatic carbocycles. The van der Waals surface area contributed by atoms with Gasteiger partial charge in [0.15, 0.2) is 0 Å². The maximum atomic E-state index is 3.94. The Morgan fingerprint density at radius 1 is 0.857 bits per heavy atom. The monoisotopic (exact) mass is 292 g/mol. The third-order valence-electron chi connectivity index (χ3n) is 4.89. The Morgan fingerprint density at radius 3 is 2.00 bits per heavy atom. The van der Waals surface area contributed by atoms with Gasteiger partial charge < -0.3 is 0 Å². The van der Waals surface area contributed by atoms with Gasteiger partial charge in [0.2, 0.25) is 0 Å². The first kappa shape index (κ1) is 20.7. The van der Waals surface area contributed by atoms with Gasteiger partial charge >= 0.3 is 0 Å². The summed E-state index contributed by atoms with van der Waals surface area (Å²) in [5.74, 6) is 1.88. The zero-order chi connectivity index (χ0) is 15.8. The van der Waals surface area contributed by atoms with E-state index in [4.69, 9.17) is 0 Å². The molecule has 0 heteroatoms. The summed E-state index contributed by atoms with van der Waals surface area (Å²) < 4.78 is 0. The van der Waals surface area contributed by atoms with Crippen LogP contribution in [0.3, 0.4) is 0 Å². The minimum Gasteiger partial charge on any atom is -0.0885 e. The van der Waals surface area contributed by atoms with E-state index < -0.39 is 0 Å². The van der Waals surface area contributed by atoms with Crippen molar-refractivity contribution in [2.75, 3.05) is 0 Å². The highest BCUT2D eigenvalue weighted by molar-refractivity contribution is 4.83. The smallest absolute Gasteiger partial charge is 0.0316 e. The lowest BCUT2D eigenvalue weighted by molar-refractivity contribution is 0.288. The molecule has 0 nitrogen and oxygen atoms in total. The molecule has 2 radical (unpaired) electrons. The van der Waals surface area contributed by atoms with Gasteiger partial charge in [-0.1, -0.05) is 104 Å². The van der Waals surface area contributed by atoms with E-state index in [1.807, 2.05) is 6.08 Å². The number of allylic oxidation sites excluding steroid dienone is 2. The molecule has 0 amide bonds. The summed E-state index contributed by atoms with van der Waals surface area (Å²) in [6, 6.07) is 0. The van der Waals surface area contributed by atoms with Gasteiger partial charge in [-0.15, -0.1) is 0 Å². The average molecular weight is 293 g/mol. The molecular formula is C21H40. The quantitative estimate of drug-likeness (QED) is 0.273. The van der Waals surface area contributed by atoms with Crippen LogP contribution >= 0.6 is 0 Å². The Hall–Kier alpha value is -0.260. The SMILES string of the molecule is [CH2]C=CCCCCCCCC(CCCCC[CH2])C(C)CC. The van der Waals surface area contributed by atoms with Crippen LogP contribution in [0.25, 0.3) is 0 Å². The summed E-state index contributed by atoms with van der Waals surface area (Å²) in [6.45, 7) is 12.5. The van der Waals surface area contributed by atoms with Gasteiger partial charge in [0.05, 0.1) is 0 Å². The zero-order valence-electron chi connectivity index (χ0n) is 14.9. The van der Waals surface area contributed by atoms with Crippen LogP contribution in [0, 0.1) is 25.7 Å². The maximum Gasteiger partial charge on any atom is -0.0316 e. The van der Waals surface area contributed by atoms with E-state index in [-0.39, 0.29) is 0 Å². The van der Waals surface area contributed by atoms with E-state index in [9.17, 15) is 0 Å². The Balaban J connectivity index is 3.65. The van der Waals surface area contributed by atoms with Crippen molar-refractivity contribution >= 4 is 0 Å². The second-order valence-corrected chi connectivity index (χ2v) is 6.67. The highest BCUT2D eigenvalue weighted by Crippen LogP contribution is 2.27. The standard InChI is InChI=1S/C21H40/c1-5-8-10-12-13-14-15-17-19-21(20(4)7-3)18-16-11-9-6-2/h5,8,20-21H,1-2,6-7,9-19H2,3-4H3. The summed E-state index contributed by atoms with van der Waals surface area (Å²) in [7, 11) is 0. The van der Waals surface area contributed by atoms with E-state index >= 15 is 0 Å². The van der Waals surface area contributed by atoms with Crippen molar-refractivity contribution < 1.29 is 0 Å². The fraction of sp³-hybridized carbons (Fsp3) is 0.810. The minimum absolute atomic E-state index is 0.909. The Bertz CT molecular complexity index is 216. The van der Waals surface area contributed by atoms with Gasteiger partial charge in [0.1, 0.15) is 0 Å². The first-order chi connectivity index (χ1) is 10.3. The van der Waals surface area contributed by atoms with Crippen LogP contribution in [-0.4, -0.2) is 0 Å². The average Bonchev–Trinajstić information content (AvgIpc) is 2.51. The van der Waals surface area contributed by atoms with Gasteiger partial charge in [0.25, 0.3) is 0 Å². The Labute approximate surface area is 135 Å². The summed E-state index contributed by atoms with van der Waals surface area (Å²) in [5.41, 5.74) is 0. The molecular weight excluding hydrogens is 252 g/mol. The molecule has 2 atom stereocenters. The molecule has 0 aliphatic rings. The number of rotatable bonds is 15. The minimum atomic E-state index is 0.909. The molecule has 0 fully saturated rings. The van der Waals surface area contributed by atoms with Crippen LogP contribution in [0.5, 0.6) is 0 Å². The predicted molar refractivity (Wildman–Crippen MR) is 98.2 cm³/mol. The lowest BCUT2D eigenvalue weighted by Crippen LogP contribution is -2.11. The fourth-order valence-electron chi connectivity index (χ4n) is 3.12. The summed E-state index contributed by atoms with van der Waals surface area (Å²) in [5, 5.41) is 0. The van der Waals surface area contributed by atoms with E-state index in [1.54, 1.807) is 0 Å². The molecule has 0 saturated carbocycles. The Kier molecular flexibility index (Phi) is 15.9. The predicted octanol–water partition coefficient (Wildman–Crippen LogP) is 7.55. The molecule has 21 heavy (non-hydrogen) atoms. The molecule has 0 saturated heterocycles. The van der Waals surface area contributed by atoms with Gasteiger partial charge in [-0.2, -0.15) is 0 Å². The van der Waals surface area contributed by atoms with E-state index in [1.165, 1.54) is 77.0 Å². The van der Waals surface area contributed by atoms with Crippen molar-refractivity contribution in [3.05, 3.63) is 26.0 Å². The van der Waals surface area contributed by atoms with Crippen molar-refractivity contribution in [1.29, 1.82) is 0 Å². The maximum absolute atomic E-state index is 3.94. The van der Waals surface area contributed by atoms with Crippen LogP contribution in [0.1, 0.15) is 97.3 Å². The first-order valence-corrected chi connectivity index (χ1v) is 9.49. The third-order valence-corrected chi connectivity index (χ3v) is 4.89. The molecule has 0 bridgehead atoms. The van der Waals surface area contributed by atoms with Gasteiger partial charge in [0, 0.05) is 0 Å². The molecule has 2 unspecified atom stereocenters. The normalized spacial score (nSPS) is 14.7. The molecule has 0 aromatic rings. The van der Waals surface area contributed by atoms with Crippen molar-refractivity contribution in [3.8, 4) is 0 Å². The number of unbranched alkanes of at least 4 members (excludes halogenated alkanes) is 8. The van der Waals surface area contributed by atoms with Crippen molar-refractivity contribution in [2.24, 2.45) is 11.8 Å². The summed E-state index contributed by atoms with van der Waals surface area (Å²) in [4.78, 5) is 0. The van der Waals surface area contributed by atoms with Crippen LogP contribution in [0.4, 0.5) is 0 Å². The highest BCUT2D eigenvalue weighted by Gasteiger charge is 2.14. The first-order valence-electron chi connectivity index (χ1n) is 9.49. The molecule has 0 aliphatic heterocycles. The lowest BCUT2D eigenvalue weighted by atomic mass is 9.83. The number of hydrogen-bond donors (Lipinski definition) is 0. The fourth-order valence-corrected chi connectivity index (χ4v) is 3.12. The summed E-state index contributed by atoms with van der Waals surface area (Å²) >= 11 is 0. The van der Waals surface area contributed by atoms with Crippen LogP contribution in [0.15, 0.2) is 12.2 Å². The highest BCUT2D eigenvalue weighted by atomic mass is 14.2. The van der Waals surface area contributed by atoms with Gasteiger partial charge in [-0.3, -0.25) is 0 Å². The zero-order valence-corrected chi connectivity index (χ0v) is 14.9. The molecule has 0 spiro atoms. The Morgan fingerprint density at radius 2 is 1.43 bits per heavy atom. The summed E-state index contributed by atoms with van der Waals surface area (Å²) in [6.07, 6.45) is 21.8. The van der Waals surface area contributed by atoms with Crippen LogP contribution < -0.4 is 0 Å². The topological polar surface area (TPSA) is 0 Å². The molecule has 0 N–H and O–H groups in total. The van der Waals surface area contributed by atoms with E-state index in [0.29, 0.717) is 0 Å². The van der Waals surface area contributed by atoms with Gasteiger partial charge in [-0.25, -0.2) is 0 Å². The molecule has 124 valence electrons. The third kappa shape index (κ3) is 13.1. The largest absolute Gasteiger partial charge is 0.0885 e. The van der Waals surface area contributed by atoms with E-state index in [0.717, 1.165) is 18.3 Å². The van der Waals surface area contributed by atoms with Crippen molar-refractivity contribution in [1.82, 2.24) is 0 Å². The van der Waals surface area contributed by atoms with E-state index in [2.05, 4.69) is 33.8 Å². The lowest BCUT2D eigenvalue weighted by Gasteiger charge is -2.23. The van der Waals surface area contributed by atoms with Crippen LogP contribution in [0.2, 0.25) is 0 Å². The van der Waals surface area contributed by atoms with Crippen LogP contribution in [-0.2, 0) is 0 Å². The number of hydrogen-bond acceptors (Lipinski definition) is 0. The molecule has 0 heterocycles. The second-order valence-electron chi connectivity index (χ2n) is 6.67. The van der Waals surface area contributed by atoms with Gasteiger partial charge in [-0.05, 0) is 31.6 Å².